The van der Waals surface area contributed by atoms with Gasteiger partial charge >= 0.3 is 11.9 Å². The van der Waals surface area contributed by atoms with Crippen LogP contribution in [0.25, 0.3) is 10.8 Å². The molecule has 210 valence electrons. The minimum atomic E-state index is -0.741. The van der Waals surface area contributed by atoms with Crippen molar-refractivity contribution in [3.05, 3.63) is 58.9 Å². The van der Waals surface area contributed by atoms with Gasteiger partial charge in [0.05, 0.1) is 24.2 Å². The molecule has 0 atom stereocenters. The molecule has 3 rings (SSSR count). The molecule has 0 unspecified atom stereocenters. The van der Waals surface area contributed by atoms with E-state index in [4.69, 9.17) is 30.5 Å². The first-order chi connectivity index (χ1) is 18.6. The lowest BCUT2D eigenvalue weighted by atomic mass is 9.87. The number of fused-ring (bicyclic) bond motifs is 1. The zero-order valence-corrected chi connectivity index (χ0v) is 24.0. The van der Waals surface area contributed by atoms with E-state index in [0.717, 1.165) is 12.8 Å². The van der Waals surface area contributed by atoms with Gasteiger partial charge in [0, 0.05) is 15.8 Å². The maximum atomic E-state index is 13.5. The molecule has 0 saturated heterocycles. The number of benzene rings is 3. The maximum absolute atomic E-state index is 13.5. The largest absolute Gasteiger partial charge is 0.486 e. The Morgan fingerprint density at radius 2 is 1.38 bits per heavy atom. The average molecular weight is 559 g/mol. The fourth-order valence-corrected chi connectivity index (χ4v) is 4.09. The van der Waals surface area contributed by atoms with Crippen LogP contribution in [0.15, 0.2) is 42.5 Å². The van der Waals surface area contributed by atoms with Gasteiger partial charge in [-0.25, -0.2) is 9.18 Å². The molecule has 0 bridgehead atoms. The van der Waals surface area contributed by atoms with Gasteiger partial charge < -0.3 is 18.9 Å². The minimum Gasteiger partial charge on any atom is -0.486 e. The topological polar surface area (TPSA) is 71.1 Å². The molecule has 0 N–H and O–H groups in total. The van der Waals surface area contributed by atoms with E-state index in [9.17, 15) is 14.0 Å². The number of hydrogen-bond donors (Lipinski definition) is 0. The van der Waals surface area contributed by atoms with Crippen molar-refractivity contribution in [1.29, 1.82) is 0 Å². The summed E-state index contributed by atoms with van der Waals surface area (Å²) in [4.78, 5) is 26.6. The maximum Gasteiger partial charge on any atom is 0.343 e. The van der Waals surface area contributed by atoms with Crippen LogP contribution in [0.2, 0.25) is 5.02 Å². The van der Waals surface area contributed by atoms with E-state index < -0.39 is 23.2 Å². The first-order valence-corrected chi connectivity index (χ1v) is 13.8. The number of unbranched alkanes of at least 4 members (excludes halogenated alkanes) is 1. The Hall–Kier alpha value is -3.32. The summed E-state index contributed by atoms with van der Waals surface area (Å²) in [5.41, 5.74) is -0.591. The van der Waals surface area contributed by atoms with Gasteiger partial charge in [-0.05, 0) is 75.6 Å². The second-order valence-corrected chi connectivity index (χ2v) is 10.4. The number of halogens is 2. The number of ether oxygens (including phenoxy) is 4. The zero-order chi connectivity index (χ0) is 28.6. The Morgan fingerprint density at radius 3 is 1.95 bits per heavy atom. The van der Waals surface area contributed by atoms with E-state index in [0.29, 0.717) is 41.7 Å². The molecule has 8 heteroatoms. The van der Waals surface area contributed by atoms with Crippen molar-refractivity contribution in [1.82, 2.24) is 0 Å². The highest BCUT2D eigenvalue weighted by Crippen LogP contribution is 2.52. The lowest BCUT2D eigenvalue weighted by molar-refractivity contribution is -0.144. The quantitative estimate of drug-likeness (QED) is 0.155. The Kier molecular flexibility index (Phi) is 10.6. The predicted molar refractivity (Wildman–Crippen MR) is 151 cm³/mol. The number of rotatable bonds is 13. The molecule has 3 aromatic carbocycles. The summed E-state index contributed by atoms with van der Waals surface area (Å²) >= 11 is 6.37. The van der Waals surface area contributed by atoms with Gasteiger partial charge in [0.25, 0.3) is 0 Å². The molecule has 0 aliphatic heterocycles. The summed E-state index contributed by atoms with van der Waals surface area (Å²) < 4.78 is 37.6. The minimum absolute atomic E-state index is 0.0754. The number of carbonyl (C=O) groups excluding carboxylic acids is 2. The fraction of sp³-hybridized carbons (Fsp3) is 0.419. The highest BCUT2D eigenvalue weighted by atomic mass is 35.5. The lowest BCUT2D eigenvalue weighted by Gasteiger charge is -2.25. The van der Waals surface area contributed by atoms with Crippen molar-refractivity contribution in [2.75, 3.05) is 13.2 Å². The second kappa shape index (κ2) is 13.7. The lowest BCUT2D eigenvalue weighted by Crippen LogP contribution is -2.29. The Morgan fingerprint density at radius 1 is 0.795 bits per heavy atom. The predicted octanol–water partition coefficient (Wildman–Crippen LogP) is 8.55. The van der Waals surface area contributed by atoms with Crippen LogP contribution in [-0.2, 0) is 4.79 Å². The third kappa shape index (κ3) is 7.41. The van der Waals surface area contributed by atoms with Crippen LogP contribution in [0.4, 0.5) is 4.39 Å². The summed E-state index contributed by atoms with van der Waals surface area (Å²) in [7, 11) is 0. The van der Waals surface area contributed by atoms with Crippen LogP contribution in [0.3, 0.4) is 0 Å². The molecule has 0 aliphatic carbocycles. The number of hydrogen-bond acceptors (Lipinski definition) is 6. The van der Waals surface area contributed by atoms with E-state index in [1.807, 2.05) is 27.7 Å². The Labute approximate surface area is 234 Å². The van der Waals surface area contributed by atoms with E-state index in [1.54, 1.807) is 18.2 Å². The fourth-order valence-electron chi connectivity index (χ4n) is 3.92. The van der Waals surface area contributed by atoms with E-state index in [1.165, 1.54) is 24.3 Å². The van der Waals surface area contributed by atoms with Crippen molar-refractivity contribution in [3.8, 4) is 23.0 Å². The van der Waals surface area contributed by atoms with Crippen LogP contribution in [0.1, 0.15) is 77.1 Å². The highest BCUT2D eigenvalue weighted by molar-refractivity contribution is 6.31. The smallest absolute Gasteiger partial charge is 0.343 e. The normalized spacial score (nSPS) is 11.4. The number of esters is 2. The molecule has 3 aromatic rings. The summed E-state index contributed by atoms with van der Waals surface area (Å²) in [5.74, 6) is -1.05. The third-order valence-corrected chi connectivity index (χ3v) is 6.40. The van der Waals surface area contributed by atoms with E-state index >= 15 is 0 Å². The molecular formula is C31H36ClFO6. The van der Waals surface area contributed by atoms with Crippen LogP contribution in [-0.4, -0.2) is 25.2 Å². The van der Waals surface area contributed by atoms with E-state index in [2.05, 4.69) is 6.92 Å². The van der Waals surface area contributed by atoms with E-state index in [-0.39, 0.29) is 35.2 Å². The molecule has 0 amide bonds. The van der Waals surface area contributed by atoms with Crippen molar-refractivity contribution in [2.24, 2.45) is 5.41 Å². The molecule has 39 heavy (non-hydrogen) atoms. The van der Waals surface area contributed by atoms with Gasteiger partial charge in [-0.2, -0.15) is 0 Å². The number of carbonyl (C=O) groups is 2. The summed E-state index contributed by atoms with van der Waals surface area (Å²) in [6, 6.07) is 10.00. The SMILES string of the molecule is CCCCC(C)(C)C(=O)Oc1c(OCCC)c(OCCC)c(OC(=O)c2ccc(F)cc2)c2cc(Cl)ccc12. The second-order valence-electron chi connectivity index (χ2n) is 9.98. The standard InChI is InChI=1S/C31H36ClFO6/c1-6-9-16-31(4,5)30(35)39-25-23-15-12-21(32)19-24(23)26(28(37-18-8-3)27(25)36-17-7-2)38-29(34)20-10-13-22(33)14-11-20/h10-15,19H,6-9,16-18H2,1-5H3. The Balaban J connectivity index is 2.25. The van der Waals surface area contributed by atoms with Crippen LogP contribution in [0.5, 0.6) is 23.0 Å². The van der Waals surface area contributed by atoms with Crippen LogP contribution in [0, 0.1) is 11.2 Å². The summed E-state index contributed by atoms with van der Waals surface area (Å²) in [5, 5.41) is 1.25. The molecule has 0 radical (unpaired) electrons. The van der Waals surface area contributed by atoms with Gasteiger partial charge in [-0.3, -0.25) is 4.79 Å². The summed E-state index contributed by atoms with van der Waals surface area (Å²) in [6.07, 6.45) is 3.81. The van der Waals surface area contributed by atoms with Gasteiger partial charge in [0.15, 0.2) is 11.5 Å². The first kappa shape index (κ1) is 30.2. The van der Waals surface area contributed by atoms with Crippen molar-refractivity contribution < 1.29 is 32.9 Å². The van der Waals surface area contributed by atoms with Crippen LogP contribution >= 0.6 is 11.6 Å². The third-order valence-electron chi connectivity index (χ3n) is 6.17. The van der Waals surface area contributed by atoms with Crippen LogP contribution < -0.4 is 18.9 Å². The van der Waals surface area contributed by atoms with Crippen molar-refractivity contribution in [2.45, 2.75) is 66.7 Å². The molecule has 0 fully saturated rings. The first-order valence-electron chi connectivity index (χ1n) is 13.4. The highest BCUT2D eigenvalue weighted by Gasteiger charge is 2.33. The monoisotopic (exact) mass is 558 g/mol. The molecular weight excluding hydrogens is 523 g/mol. The molecule has 6 nitrogen and oxygen atoms in total. The van der Waals surface area contributed by atoms with Crippen molar-refractivity contribution >= 4 is 34.3 Å². The molecule has 0 saturated carbocycles. The van der Waals surface area contributed by atoms with Gasteiger partial charge in [0.2, 0.25) is 11.5 Å². The average Bonchev–Trinajstić information content (AvgIpc) is 2.91. The van der Waals surface area contributed by atoms with Crippen molar-refractivity contribution in [3.63, 3.8) is 0 Å². The molecule has 0 spiro atoms. The molecule has 0 heterocycles. The van der Waals surface area contributed by atoms with Gasteiger partial charge in [-0.15, -0.1) is 0 Å². The summed E-state index contributed by atoms with van der Waals surface area (Å²) in [6.45, 7) is 10.2. The Bertz CT molecular complexity index is 1300. The molecule has 0 aliphatic rings. The molecule has 0 aromatic heterocycles. The van der Waals surface area contributed by atoms with Gasteiger partial charge in [-0.1, -0.05) is 45.2 Å². The van der Waals surface area contributed by atoms with Gasteiger partial charge in [0.1, 0.15) is 5.82 Å². The zero-order valence-electron chi connectivity index (χ0n) is 23.2.